The van der Waals surface area contributed by atoms with Gasteiger partial charge in [0, 0.05) is 43.2 Å². The molecule has 1 amide bonds. The molecular formula is C19H21N5O5. The molecule has 29 heavy (non-hydrogen) atoms. The summed E-state index contributed by atoms with van der Waals surface area (Å²) in [6.07, 6.45) is 4.68. The fourth-order valence-electron chi connectivity index (χ4n) is 3.43. The van der Waals surface area contributed by atoms with Crippen LogP contribution in [0.2, 0.25) is 0 Å². The molecule has 2 aromatic heterocycles. The maximum atomic E-state index is 12.3. The third-order valence-electron chi connectivity index (χ3n) is 4.99. The van der Waals surface area contributed by atoms with Gasteiger partial charge in [-0.25, -0.2) is 4.98 Å². The highest BCUT2D eigenvalue weighted by Gasteiger charge is 2.53. The van der Waals surface area contributed by atoms with Gasteiger partial charge in [-0.15, -0.1) is 0 Å². The van der Waals surface area contributed by atoms with E-state index in [0.29, 0.717) is 4.90 Å². The molecule has 4 rings (SSSR count). The average molecular weight is 399 g/mol. The number of aromatic nitrogens is 3. The van der Waals surface area contributed by atoms with Gasteiger partial charge in [0.05, 0.1) is 12.7 Å². The first-order valence-corrected chi connectivity index (χ1v) is 9.00. The zero-order valence-corrected chi connectivity index (χ0v) is 15.6. The molecule has 1 saturated heterocycles. The van der Waals surface area contributed by atoms with E-state index in [1.807, 2.05) is 31.4 Å². The first-order valence-electron chi connectivity index (χ1n) is 9.00. The Kier molecular flexibility index (Phi) is 4.60. The fourth-order valence-corrected chi connectivity index (χ4v) is 3.43. The van der Waals surface area contributed by atoms with E-state index in [0.717, 1.165) is 21.9 Å². The van der Waals surface area contributed by atoms with Crippen LogP contribution < -0.4 is 5.32 Å². The Labute approximate surface area is 165 Å². The lowest BCUT2D eigenvalue weighted by atomic mass is 10.1. The molecule has 152 valence electrons. The van der Waals surface area contributed by atoms with Crippen LogP contribution in [0.1, 0.15) is 12.8 Å². The monoisotopic (exact) mass is 399 g/mol. The van der Waals surface area contributed by atoms with Crippen LogP contribution in [-0.2, 0) is 11.8 Å². The Hall–Kier alpha value is -2.89. The van der Waals surface area contributed by atoms with Gasteiger partial charge in [-0.05, 0) is 23.1 Å². The fraction of sp³-hybridized carbons (Fsp3) is 0.316. The number of aliphatic hydroxyl groups is 4. The summed E-state index contributed by atoms with van der Waals surface area (Å²) in [6, 6.07) is 7.51. The van der Waals surface area contributed by atoms with Crippen LogP contribution >= 0.6 is 0 Å². The number of nitrogens with zero attached hydrogens (tertiary/aromatic N) is 4. The summed E-state index contributed by atoms with van der Waals surface area (Å²) in [6.45, 7) is -0.630. The van der Waals surface area contributed by atoms with Gasteiger partial charge in [0.15, 0.2) is 0 Å². The van der Waals surface area contributed by atoms with E-state index in [-0.39, 0.29) is 18.7 Å². The molecule has 1 aliphatic rings. The molecule has 3 heterocycles. The largest absolute Gasteiger partial charge is 0.353 e. The highest BCUT2D eigenvalue weighted by atomic mass is 16.6. The lowest BCUT2D eigenvalue weighted by Gasteiger charge is -2.33. The van der Waals surface area contributed by atoms with E-state index in [1.54, 1.807) is 23.1 Å². The quantitative estimate of drug-likeness (QED) is 0.384. The van der Waals surface area contributed by atoms with E-state index in [1.165, 1.54) is 0 Å². The summed E-state index contributed by atoms with van der Waals surface area (Å²) >= 11 is 0. The van der Waals surface area contributed by atoms with Crippen LogP contribution in [0, 0.1) is 0 Å². The van der Waals surface area contributed by atoms with Crippen LogP contribution in [0.3, 0.4) is 0 Å². The minimum Gasteiger partial charge on any atom is -0.353 e. The number of aryl methyl sites for hydroxylation is 1. The predicted molar refractivity (Wildman–Crippen MR) is 103 cm³/mol. The number of carbonyl (C=O) groups excluding carboxylic acids is 1. The predicted octanol–water partition coefficient (Wildman–Crippen LogP) is -0.0536. The Morgan fingerprint density at radius 3 is 2.45 bits per heavy atom. The van der Waals surface area contributed by atoms with Gasteiger partial charge in [-0.1, -0.05) is 12.1 Å². The van der Waals surface area contributed by atoms with E-state index in [9.17, 15) is 25.2 Å². The van der Waals surface area contributed by atoms with Crippen molar-refractivity contribution in [2.45, 2.75) is 24.7 Å². The maximum Gasteiger partial charge on any atom is 0.240 e. The zero-order chi connectivity index (χ0) is 20.8. The Morgan fingerprint density at radius 2 is 1.79 bits per heavy atom. The second-order valence-electron chi connectivity index (χ2n) is 7.22. The number of rotatable bonds is 4. The first-order chi connectivity index (χ1) is 13.6. The van der Waals surface area contributed by atoms with Crippen molar-refractivity contribution in [1.29, 1.82) is 0 Å². The van der Waals surface area contributed by atoms with E-state index in [2.05, 4.69) is 15.4 Å². The average Bonchev–Trinajstić information content (AvgIpc) is 3.18. The second-order valence-corrected chi connectivity index (χ2v) is 7.22. The van der Waals surface area contributed by atoms with Crippen molar-refractivity contribution in [3.8, 4) is 11.1 Å². The highest BCUT2D eigenvalue weighted by Crippen LogP contribution is 2.34. The van der Waals surface area contributed by atoms with Gasteiger partial charge >= 0.3 is 0 Å². The molecule has 0 aliphatic carbocycles. The van der Waals surface area contributed by atoms with Crippen LogP contribution in [0.4, 0.5) is 5.82 Å². The number of hydrogen-bond acceptors (Lipinski definition) is 8. The van der Waals surface area contributed by atoms with Crippen LogP contribution in [-0.4, -0.2) is 64.4 Å². The number of fused-ring (bicyclic) bond motifs is 1. The number of benzene rings is 1. The Balaban J connectivity index is 1.54. The molecular weight excluding hydrogens is 378 g/mol. The van der Waals surface area contributed by atoms with Gasteiger partial charge in [-0.3, -0.25) is 9.48 Å². The minimum atomic E-state index is -2.48. The summed E-state index contributed by atoms with van der Waals surface area (Å²) in [5.41, 5.74) is 1.91. The Bertz CT molecular complexity index is 1060. The van der Waals surface area contributed by atoms with Gasteiger partial charge < -0.3 is 25.7 Å². The van der Waals surface area contributed by atoms with Crippen molar-refractivity contribution in [3.05, 3.63) is 42.9 Å². The first kappa shape index (κ1) is 19.4. The summed E-state index contributed by atoms with van der Waals surface area (Å²) in [5, 5.41) is 47.8. The molecule has 0 saturated carbocycles. The van der Waals surface area contributed by atoms with E-state index >= 15 is 0 Å². The molecule has 0 bridgehead atoms. The number of likely N-dealkylation sites (tertiary alicyclic amines) is 1. The number of anilines is 1. The van der Waals surface area contributed by atoms with Crippen LogP contribution in [0.25, 0.3) is 21.9 Å². The summed E-state index contributed by atoms with van der Waals surface area (Å²) < 4.78 is 1.71. The van der Waals surface area contributed by atoms with Gasteiger partial charge in [0.2, 0.25) is 17.7 Å². The van der Waals surface area contributed by atoms with Gasteiger partial charge in [0.25, 0.3) is 0 Å². The van der Waals surface area contributed by atoms with E-state index < -0.39 is 24.3 Å². The van der Waals surface area contributed by atoms with Gasteiger partial charge in [0.1, 0.15) is 5.82 Å². The van der Waals surface area contributed by atoms with Crippen LogP contribution in [0.15, 0.2) is 42.9 Å². The highest BCUT2D eigenvalue weighted by molar-refractivity contribution is 5.94. The molecule has 0 radical (unpaired) electrons. The maximum absolute atomic E-state index is 12.3. The standard InChI is InChI=1S/C19H21N5O5/c1-23-10-15(9-21-23)12-2-3-13-8-20-16(7-14(13)6-12)22-17(25)11-24-18(26,27)4-5-19(24,28)29/h2-3,6-10,26-29H,4-5,11H2,1H3,(H,20,22,25). The summed E-state index contributed by atoms with van der Waals surface area (Å²) in [7, 11) is 1.84. The van der Waals surface area contributed by atoms with Crippen molar-refractivity contribution in [1.82, 2.24) is 19.7 Å². The molecule has 0 spiro atoms. The van der Waals surface area contributed by atoms with Gasteiger partial charge in [-0.2, -0.15) is 10.00 Å². The minimum absolute atomic E-state index is 0.257. The molecule has 1 aliphatic heterocycles. The number of pyridine rings is 1. The Morgan fingerprint density at radius 1 is 1.07 bits per heavy atom. The topological polar surface area (TPSA) is 144 Å². The lowest BCUT2D eigenvalue weighted by Crippen LogP contribution is -2.56. The number of hydrogen-bond donors (Lipinski definition) is 5. The number of carbonyl (C=O) groups is 1. The molecule has 1 fully saturated rings. The smallest absolute Gasteiger partial charge is 0.240 e. The van der Waals surface area contributed by atoms with Crippen molar-refractivity contribution in [3.63, 3.8) is 0 Å². The van der Waals surface area contributed by atoms with Crippen molar-refractivity contribution >= 4 is 22.5 Å². The van der Waals surface area contributed by atoms with Crippen LogP contribution in [0.5, 0.6) is 0 Å². The summed E-state index contributed by atoms with van der Waals surface area (Å²) in [4.78, 5) is 17.0. The molecule has 3 aromatic rings. The van der Waals surface area contributed by atoms with Crippen molar-refractivity contribution in [2.75, 3.05) is 11.9 Å². The summed E-state index contributed by atoms with van der Waals surface area (Å²) in [5.74, 6) is -5.36. The third kappa shape index (κ3) is 3.84. The van der Waals surface area contributed by atoms with Crippen molar-refractivity contribution < 1.29 is 25.2 Å². The van der Waals surface area contributed by atoms with E-state index in [4.69, 9.17) is 0 Å². The SMILES string of the molecule is Cn1cc(-c2ccc3cnc(NC(=O)CN4C(O)(O)CCC4(O)O)cc3c2)cn1. The zero-order valence-electron chi connectivity index (χ0n) is 15.6. The number of amides is 1. The normalized spacial score (nSPS) is 18.2. The second kappa shape index (κ2) is 6.87. The number of nitrogens with one attached hydrogen (secondary N) is 1. The third-order valence-corrected chi connectivity index (χ3v) is 4.99. The molecule has 10 heteroatoms. The molecule has 0 unspecified atom stereocenters. The molecule has 1 aromatic carbocycles. The lowest BCUT2D eigenvalue weighted by molar-refractivity contribution is -0.339. The van der Waals surface area contributed by atoms with Crippen molar-refractivity contribution in [2.24, 2.45) is 7.05 Å². The molecule has 10 nitrogen and oxygen atoms in total. The molecule has 0 atom stereocenters. The molecule has 5 N–H and O–H groups in total.